The van der Waals surface area contributed by atoms with Crippen LogP contribution >= 0.6 is 0 Å². The van der Waals surface area contributed by atoms with Crippen LogP contribution in [0.25, 0.3) is 0 Å². The Bertz CT molecular complexity index is 177. The summed E-state index contributed by atoms with van der Waals surface area (Å²) in [6.07, 6.45) is 3.27. The summed E-state index contributed by atoms with van der Waals surface area (Å²) < 4.78 is 4.89. The van der Waals surface area contributed by atoms with E-state index in [1.54, 1.807) is 0 Å². The van der Waals surface area contributed by atoms with Crippen LogP contribution in [0.1, 0.15) is 33.1 Å². The topological polar surface area (TPSA) is 46.5 Å². The molecule has 0 rings (SSSR count). The summed E-state index contributed by atoms with van der Waals surface area (Å²) in [5.74, 6) is -0.383. The molecule has 0 amide bonds. The number of aliphatic hydroxyl groups excluding tert-OH is 1. The van der Waals surface area contributed by atoms with Crippen LogP contribution in [0.15, 0.2) is 12.7 Å². The highest BCUT2D eigenvalue weighted by molar-refractivity contribution is 5.81. The molecule has 0 aromatic heterocycles. The van der Waals surface area contributed by atoms with Crippen LogP contribution < -0.4 is 0 Å². The van der Waals surface area contributed by atoms with Gasteiger partial charge in [0.1, 0.15) is 0 Å². The third kappa shape index (κ3) is 5.02. The summed E-state index contributed by atoms with van der Waals surface area (Å²) in [4.78, 5) is 10.8. The highest BCUT2D eigenvalue weighted by Gasteiger charge is 2.17. The van der Waals surface area contributed by atoms with Gasteiger partial charge in [-0.3, -0.25) is 0 Å². The standard InChI is InChI=1S/C11H20O3/c1-4-7-10(12)9(5-2)8-14-11(13)6-3/h6,9-10,12H,3-5,7-8H2,1-2H3. The van der Waals surface area contributed by atoms with Gasteiger partial charge in [-0.1, -0.05) is 26.8 Å². The number of rotatable bonds is 7. The van der Waals surface area contributed by atoms with Crippen molar-refractivity contribution in [3.63, 3.8) is 0 Å². The van der Waals surface area contributed by atoms with Crippen molar-refractivity contribution in [3.05, 3.63) is 12.7 Å². The monoisotopic (exact) mass is 200 g/mol. The van der Waals surface area contributed by atoms with Crippen molar-refractivity contribution in [2.75, 3.05) is 6.61 Å². The zero-order valence-electron chi connectivity index (χ0n) is 9.03. The van der Waals surface area contributed by atoms with Gasteiger partial charge in [0.05, 0.1) is 12.7 Å². The molecule has 82 valence electrons. The van der Waals surface area contributed by atoms with Gasteiger partial charge in [-0.15, -0.1) is 0 Å². The van der Waals surface area contributed by atoms with E-state index in [9.17, 15) is 9.90 Å². The molecule has 0 aromatic rings. The zero-order valence-corrected chi connectivity index (χ0v) is 9.03. The highest BCUT2D eigenvalue weighted by atomic mass is 16.5. The first-order valence-electron chi connectivity index (χ1n) is 5.12. The predicted octanol–water partition coefficient (Wildman–Crippen LogP) is 1.90. The lowest BCUT2D eigenvalue weighted by molar-refractivity contribution is -0.140. The number of ether oxygens (including phenoxy) is 1. The Labute approximate surface area is 85.8 Å². The van der Waals surface area contributed by atoms with E-state index in [0.717, 1.165) is 25.3 Å². The van der Waals surface area contributed by atoms with E-state index in [1.807, 2.05) is 13.8 Å². The fourth-order valence-electron chi connectivity index (χ4n) is 1.28. The third-order valence-electron chi connectivity index (χ3n) is 2.26. The smallest absolute Gasteiger partial charge is 0.330 e. The Morgan fingerprint density at radius 3 is 2.64 bits per heavy atom. The maximum atomic E-state index is 10.8. The number of carbonyl (C=O) groups is 1. The summed E-state index contributed by atoms with van der Waals surface area (Å²) in [6.45, 7) is 7.59. The van der Waals surface area contributed by atoms with Crippen molar-refractivity contribution >= 4 is 5.97 Å². The predicted molar refractivity (Wildman–Crippen MR) is 55.9 cm³/mol. The fraction of sp³-hybridized carbons (Fsp3) is 0.727. The summed E-state index contributed by atoms with van der Waals surface area (Å²) in [5.41, 5.74) is 0. The van der Waals surface area contributed by atoms with Crippen LogP contribution in [0.2, 0.25) is 0 Å². The molecule has 0 radical (unpaired) electrons. The van der Waals surface area contributed by atoms with Gasteiger partial charge < -0.3 is 9.84 Å². The molecule has 0 aromatic carbocycles. The minimum Gasteiger partial charge on any atom is -0.462 e. The maximum absolute atomic E-state index is 10.8. The number of aliphatic hydroxyl groups is 1. The molecule has 2 unspecified atom stereocenters. The van der Waals surface area contributed by atoms with Crippen LogP contribution in [-0.4, -0.2) is 23.8 Å². The van der Waals surface area contributed by atoms with Crippen LogP contribution in [0, 0.1) is 5.92 Å². The van der Waals surface area contributed by atoms with Crippen LogP contribution in [-0.2, 0) is 9.53 Å². The molecular formula is C11H20O3. The number of carbonyl (C=O) groups excluding carboxylic acids is 1. The number of hydrogen-bond acceptors (Lipinski definition) is 3. The Morgan fingerprint density at radius 1 is 1.57 bits per heavy atom. The SMILES string of the molecule is C=CC(=O)OCC(CC)C(O)CCC. The molecule has 0 aliphatic heterocycles. The largest absolute Gasteiger partial charge is 0.462 e. The second-order valence-corrected chi connectivity index (χ2v) is 3.36. The Hall–Kier alpha value is -0.830. The van der Waals surface area contributed by atoms with Gasteiger partial charge in [0, 0.05) is 12.0 Å². The van der Waals surface area contributed by atoms with Crippen molar-refractivity contribution in [3.8, 4) is 0 Å². The van der Waals surface area contributed by atoms with Crippen LogP contribution in [0.3, 0.4) is 0 Å². The first-order valence-corrected chi connectivity index (χ1v) is 5.12. The minimum atomic E-state index is -0.424. The normalized spacial score (nSPS) is 14.5. The molecule has 0 aliphatic rings. The van der Waals surface area contributed by atoms with Crippen molar-refractivity contribution in [2.24, 2.45) is 5.92 Å². The lowest BCUT2D eigenvalue weighted by atomic mass is 9.97. The van der Waals surface area contributed by atoms with Crippen molar-refractivity contribution in [1.29, 1.82) is 0 Å². The van der Waals surface area contributed by atoms with Gasteiger partial charge in [-0.25, -0.2) is 4.79 Å². The van der Waals surface area contributed by atoms with Crippen LogP contribution in [0.5, 0.6) is 0 Å². The summed E-state index contributed by atoms with van der Waals surface area (Å²) >= 11 is 0. The number of esters is 1. The first kappa shape index (κ1) is 13.2. The van der Waals surface area contributed by atoms with E-state index in [0.29, 0.717) is 0 Å². The average Bonchev–Trinajstić information content (AvgIpc) is 2.18. The molecule has 0 spiro atoms. The minimum absolute atomic E-state index is 0.0406. The number of hydrogen-bond donors (Lipinski definition) is 1. The molecule has 3 nitrogen and oxygen atoms in total. The quantitative estimate of drug-likeness (QED) is 0.504. The molecule has 0 bridgehead atoms. The van der Waals surface area contributed by atoms with E-state index in [4.69, 9.17) is 4.74 Å². The van der Waals surface area contributed by atoms with Gasteiger partial charge in [-0.05, 0) is 12.8 Å². The Morgan fingerprint density at radius 2 is 2.21 bits per heavy atom. The molecule has 2 atom stereocenters. The van der Waals surface area contributed by atoms with E-state index < -0.39 is 5.97 Å². The third-order valence-corrected chi connectivity index (χ3v) is 2.26. The van der Waals surface area contributed by atoms with E-state index >= 15 is 0 Å². The van der Waals surface area contributed by atoms with Crippen LogP contribution in [0.4, 0.5) is 0 Å². The molecular weight excluding hydrogens is 180 g/mol. The molecule has 0 aliphatic carbocycles. The second-order valence-electron chi connectivity index (χ2n) is 3.36. The molecule has 3 heteroatoms. The Balaban J connectivity index is 3.89. The molecule has 0 saturated carbocycles. The summed E-state index contributed by atoms with van der Waals surface area (Å²) in [5, 5.41) is 9.68. The summed E-state index contributed by atoms with van der Waals surface area (Å²) in [7, 11) is 0. The van der Waals surface area contributed by atoms with Gasteiger partial charge in [0.15, 0.2) is 0 Å². The van der Waals surface area contributed by atoms with Gasteiger partial charge in [0.2, 0.25) is 0 Å². The summed E-state index contributed by atoms with van der Waals surface area (Å²) in [6, 6.07) is 0. The van der Waals surface area contributed by atoms with Gasteiger partial charge in [-0.2, -0.15) is 0 Å². The maximum Gasteiger partial charge on any atom is 0.330 e. The lowest BCUT2D eigenvalue weighted by Gasteiger charge is -2.20. The molecule has 1 N–H and O–H groups in total. The van der Waals surface area contributed by atoms with Gasteiger partial charge in [0.25, 0.3) is 0 Å². The van der Waals surface area contributed by atoms with Crippen molar-refractivity contribution in [1.82, 2.24) is 0 Å². The van der Waals surface area contributed by atoms with E-state index in [-0.39, 0.29) is 18.6 Å². The van der Waals surface area contributed by atoms with Gasteiger partial charge >= 0.3 is 5.97 Å². The van der Waals surface area contributed by atoms with E-state index in [2.05, 4.69) is 6.58 Å². The molecule has 0 fully saturated rings. The fourth-order valence-corrected chi connectivity index (χ4v) is 1.28. The first-order chi connectivity index (χ1) is 6.65. The van der Waals surface area contributed by atoms with Crippen molar-refractivity contribution in [2.45, 2.75) is 39.2 Å². The Kier molecular flexibility index (Phi) is 7.11. The van der Waals surface area contributed by atoms with Crippen molar-refractivity contribution < 1.29 is 14.6 Å². The second kappa shape index (κ2) is 7.56. The molecule has 0 saturated heterocycles. The van der Waals surface area contributed by atoms with E-state index in [1.165, 1.54) is 0 Å². The molecule has 0 heterocycles. The molecule has 14 heavy (non-hydrogen) atoms. The lowest BCUT2D eigenvalue weighted by Crippen LogP contribution is -2.25. The zero-order chi connectivity index (χ0) is 11.0. The highest BCUT2D eigenvalue weighted by Crippen LogP contribution is 2.14. The average molecular weight is 200 g/mol.